The third kappa shape index (κ3) is 4.72. The molecule has 0 saturated carbocycles. The van der Waals surface area contributed by atoms with E-state index >= 15 is 0 Å². The first-order valence-corrected chi connectivity index (χ1v) is 11.4. The summed E-state index contributed by atoms with van der Waals surface area (Å²) in [7, 11) is 3.96. The van der Waals surface area contributed by atoms with Crippen LogP contribution in [0.5, 0.6) is 0 Å². The number of ketones is 1. The van der Waals surface area contributed by atoms with Crippen LogP contribution in [0.3, 0.4) is 0 Å². The summed E-state index contributed by atoms with van der Waals surface area (Å²) in [5, 5.41) is 3.96. The molecule has 1 fully saturated rings. The highest BCUT2D eigenvalue weighted by atomic mass is 16.1. The van der Waals surface area contributed by atoms with E-state index < -0.39 is 0 Å². The van der Waals surface area contributed by atoms with Gasteiger partial charge in [-0.3, -0.25) is 4.79 Å². The van der Waals surface area contributed by atoms with E-state index in [9.17, 15) is 4.79 Å². The van der Waals surface area contributed by atoms with Crippen LogP contribution in [0.1, 0.15) is 16.2 Å². The lowest BCUT2D eigenvalue weighted by molar-refractivity contribution is 0.0991. The fourth-order valence-electron chi connectivity index (χ4n) is 4.08. The highest BCUT2D eigenvalue weighted by Gasteiger charge is 2.17. The van der Waals surface area contributed by atoms with Crippen molar-refractivity contribution in [3.8, 4) is 11.1 Å². The minimum Gasteiger partial charge on any atom is -0.373 e. The molecule has 0 unspecified atom stereocenters. The number of hydrogen-bond donors (Lipinski definition) is 1. The molecule has 0 atom stereocenters. The quantitative estimate of drug-likeness (QED) is 0.445. The third-order valence-electron chi connectivity index (χ3n) is 6.20. The maximum absolute atomic E-state index is 13.0. The van der Waals surface area contributed by atoms with Gasteiger partial charge in [0.15, 0.2) is 5.78 Å². The summed E-state index contributed by atoms with van der Waals surface area (Å²) in [5.41, 5.74) is 3.47. The summed E-state index contributed by atoms with van der Waals surface area (Å²) in [6.07, 6.45) is 5.46. The van der Waals surface area contributed by atoms with Crippen LogP contribution in [-0.2, 0) is 6.42 Å². The van der Waals surface area contributed by atoms with Crippen LogP contribution >= 0.6 is 0 Å². The van der Waals surface area contributed by atoms with Gasteiger partial charge in [-0.2, -0.15) is 0 Å². The molecule has 0 radical (unpaired) electrons. The Hall–Kier alpha value is -3.91. The van der Waals surface area contributed by atoms with E-state index in [0.717, 1.165) is 59.8 Å². The smallest absolute Gasteiger partial charge is 0.170 e. The van der Waals surface area contributed by atoms with E-state index in [1.165, 1.54) is 0 Å². The van der Waals surface area contributed by atoms with Crippen molar-refractivity contribution in [2.24, 2.45) is 0 Å². The lowest BCUT2D eigenvalue weighted by atomic mass is 10.1. The number of hydrogen-bond acceptors (Lipinski definition) is 8. The summed E-state index contributed by atoms with van der Waals surface area (Å²) < 4.78 is 0. The van der Waals surface area contributed by atoms with E-state index in [-0.39, 0.29) is 12.2 Å². The molecule has 1 N–H and O–H groups in total. The summed E-state index contributed by atoms with van der Waals surface area (Å²) in [5.74, 6) is 2.16. The number of anilines is 2. The van der Waals surface area contributed by atoms with Gasteiger partial charge in [-0.15, -0.1) is 0 Å². The number of nitrogens with zero attached hydrogens (tertiary/aromatic N) is 6. The molecule has 1 aromatic carbocycles. The second-order valence-corrected chi connectivity index (χ2v) is 8.53. The zero-order chi connectivity index (χ0) is 23.5. The van der Waals surface area contributed by atoms with Gasteiger partial charge in [0.05, 0.1) is 11.9 Å². The topological polar surface area (TPSA) is 87.1 Å². The number of carbonyl (C=O) groups is 1. The Kier molecular flexibility index (Phi) is 6.14. The lowest BCUT2D eigenvalue weighted by Gasteiger charge is -2.33. The monoisotopic (exact) mass is 453 g/mol. The van der Waals surface area contributed by atoms with Crippen molar-refractivity contribution in [2.75, 3.05) is 50.5 Å². The maximum Gasteiger partial charge on any atom is 0.170 e. The highest BCUT2D eigenvalue weighted by Crippen LogP contribution is 2.24. The molecule has 4 aromatic rings. The SMILES string of the molecule is CNc1ccc(-c2ccc3cnc(CC(=O)c4ccnc(N5CCN(C)CC5)c4)nc3c2)cn1. The summed E-state index contributed by atoms with van der Waals surface area (Å²) in [6, 6.07) is 13.6. The van der Waals surface area contributed by atoms with Crippen molar-refractivity contribution < 1.29 is 4.79 Å². The van der Waals surface area contributed by atoms with Crippen LogP contribution in [0.15, 0.2) is 61.1 Å². The van der Waals surface area contributed by atoms with Crippen LogP contribution in [0, 0.1) is 0 Å². The standard InChI is InChI=1S/C26H27N7O/c1-27-24-6-5-20(16-29-24)18-3-4-21-17-30-25(31-22(21)13-18)15-23(34)19-7-8-28-26(14-19)33-11-9-32(2)10-12-33/h3-8,13-14,16-17H,9-12,15H2,1-2H3,(H,27,29). The van der Waals surface area contributed by atoms with Crippen molar-refractivity contribution in [1.82, 2.24) is 24.8 Å². The Morgan fingerprint density at radius 2 is 1.76 bits per heavy atom. The summed E-state index contributed by atoms with van der Waals surface area (Å²) >= 11 is 0. The zero-order valence-corrected chi connectivity index (χ0v) is 19.4. The van der Waals surface area contributed by atoms with Gasteiger partial charge in [0.25, 0.3) is 0 Å². The molecule has 0 bridgehead atoms. The number of pyridine rings is 2. The number of rotatable bonds is 6. The van der Waals surface area contributed by atoms with Gasteiger partial charge in [0, 0.05) is 68.3 Å². The predicted molar refractivity (Wildman–Crippen MR) is 134 cm³/mol. The van der Waals surface area contributed by atoms with Gasteiger partial charge in [-0.1, -0.05) is 12.1 Å². The molecular formula is C26H27N7O. The van der Waals surface area contributed by atoms with E-state index in [2.05, 4.69) is 42.1 Å². The van der Waals surface area contributed by atoms with Crippen LogP contribution in [-0.4, -0.2) is 70.9 Å². The molecule has 0 amide bonds. The number of aromatic nitrogens is 4. The van der Waals surface area contributed by atoms with E-state index in [4.69, 9.17) is 0 Å². The van der Waals surface area contributed by atoms with Crippen molar-refractivity contribution in [3.05, 3.63) is 72.4 Å². The van der Waals surface area contributed by atoms with Gasteiger partial charge in [-0.05, 0) is 42.9 Å². The van der Waals surface area contributed by atoms with Crippen LogP contribution in [0.25, 0.3) is 22.0 Å². The van der Waals surface area contributed by atoms with Crippen LogP contribution in [0.4, 0.5) is 11.6 Å². The van der Waals surface area contributed by atoms with E-state index in [0.29, 0.717) is 11.4 Å². The van der Waals surface area contributed by atoms with Crippen molar-refractivity contribution in [2.45, 2.75) is 6.42 Å². The van der Waals surface area contributed by atoms with Crippen molar-refractivity contribution in [3.63, 3.8) is 0 Å². The number of carbonyl (C=O) groups excluding carboxylic acids is 1. The number of likely N-dealkylation sites (N-methyl/N-ethyl adjacent to an activating group) is 1. The van der Waals surface area contributed by atoms with Gasteiger partial charge in [-0.25, -0.2) is 19.9 Å². The molecule has 8 heteroatoms. The fraction of sp³-hybridized carbons (Fsp3) is 0.269. The van der Waals surface area contributed by atoms with Crippen molar-refractivity contribution >= 4 is 28.3 Å². The Morgan fingerprint density at radius 1 is 0.941 bits per heavy atom. The van der Waals surface area contributed by atoms with Crippen LogP contribution < -0.4 is 10.2 Å². The lowest BCUT2D eigenvalue weighted by Crippen LogP contribution is -2.44. The molecule has 0 spiro atoms. The molecule has 34 heavy (non-hydrogen) atoms. The van der Waals surface area contributed by atoms with Gasteiger partial charge >= 0.3 is 0 Å². The molecule has 4 heterocycles. The Morgan fingerprint density at radius 3 is 2.53 bits per heavy atom. The Bertz CT molecular complexity index is 1310. The first-order chi connectivity index (χ1) is 16.6. The van der Waals surface area contributed by atoms with Gasteiger partial charge in [0.2, 0.25) is 0 Å². The average molecular weight is 454 g/mol. The average Bonchev–Trinajstić information content (AvgIpc) is 2.89. The first-order valence-electron chi connectivity index (χ1n) is 11.4. The number of fused-ring (bicyclic) bond motifs is 1. The Labute approximate surface area is 198 Å². The molecule has 1 aliphatic heterocycles. The largest absolute Gasteiger partial charge is 0.373 e. The summed E-state index contributed by atoms with van der Waals surface area (Å²) in [6.45, 7) is 3.79. The highest BCUT2D eigenvalue weighted by molar-refractivity contribution is 5.98. The normalized spacial score (nSPS) is 14.4. The summed E-state index contributed by atoms with van der Waals surface area (Å²) in [4.78, 5) is 35.5. The molecular weight excluding hydrogens is 426 g/mol. The molecule has 1 aliphatic rings. The molecule has 172 valence electrons. The maximum atomic E-state index is 13.0. The molecule has 3 aromatic heterocycles. The first kappa shape index (κ1) is 21.9. The van der Waals surface area contributed by atoms with Crippen molar-refractivity contribution in [1.29, 1.82) is 0 Å². The minimum atomic E-state index is -0.0138. The van der Waals surface area contributed by atoms with E-state index in [1.807, 2.05) is 49.6 Å². The number of benzene rings is 1. The molecule has 0 aliphatic carbocycles. The van der Waals surface area contributed by atoms with Gasteiger partial charge in [0.1, 0.15) is 17.5 Å². The van der Waals surface area contributed by atoms with E-state index in [1.54, 1.807) is 18.5 Å². The second-order valence-electron chi connectivity index (χ2n) is 8.53. The number of nitrogens with one attached hydrogen (secondary N) is 1. The molecule has 8 nitrogen and oxygen atoms in total. The fourth-order valence-corrected chi connectivity index (χ4v) is 4.08. The number of piperazine rings is 1. The zero-order valence-electron chi connectivity index (χ0n) is 19.4. The second kappa shape index (κ2) is 9.52. The van der Waals surface area contributed by atoms with Crippen LogP contribution in [0.2, 0.25) is 0 Å². The molecule has 1 saturated heterocycles. The van der Waals surface area contributed by atoms with Gasteiger partial charge < -0.3 is 15.1 Å². The Balaban J connectivity index is 1.35. The minimum absolute atomic E-state index is 0.0138. The predicted octanol–water partition coefficient (Wildman–Crippen LogP) is 3.31. The third-order valence-corrected chi connectivity index (χ3v) is 6.20. The molecule has 5 rings (SSSR count). The number of Topliss-reactive ketones (excluding diaryl/α,β-unsaturated/α-hetero) is 1.